The fourth-order valence-electron chi connectivity index (χ4n) is 4.89. The van der Waals surface area contributed by atoms with Gasteiger partial charge in [-0.25, -0.2) is 14.6 Å². The van der Waals surface area contributed by atoms with E-state index in [1.807, 2.05) is 0 Å². The highest BCUT2D eigenvalue weighted by atomic mass is 32.3. The second-order valence-electron chi connectivity index (χ2n) is 12.1. The molecule has 4 rings (SSSR count). The van der Waals surface area contributed by atoms with Gasteiger partial charge in [-0.15, -0.1) is 11.3 Å². The first-order valence-corrected chi connectivity index (χ1v) is 16.8. The molecule has 1 aromatic heterocycles. The van der Waals surface area contributed by atoms with Crippen LogP contribution in [0.25, 0.3) is 10.4 Å². The van der Waals surface area contributed by atoms with Crippen molar-refractivity contribution in [1.29, 1.82) is 0 Å². The van der Waals surface area contributed by atoms with Crippen molar-refractivity contribution >= 4 is 45.3 Å². The van der Waals surface area contributed by atoms with E-state index in [4.69, 9.17) is 9.47 Å². The molecular weight excluding hydrogens is 622 g/mol. The minimum absolute atomic E-state index is 0.0354. The smallest absolute Gasteiger partial charge is 0.417 e. The first-order chi connectivity index (χ1) is 21.1. The molecule has 0 aliphatic heterocycles. The van der Waals surface area contributed by atoms with Gasteiger partial charge < -0.3 is 14.8 Å². The lowest BCUT2D eigenvalue weighted by Gasteiger charge is -2.28. The zero-order valence-corrected chi connectivity index (χ0v) is 27.3. The molecule has 15 heteroatoms. The van der Waals surface area contributed by atoms with Crippen LogP contribution in [0.5, 0.6) is 5.75 Å². The number of aromatic nitrogens is 1. The lowest BCUT2D eigenvalue weighted by Crippen LogP contribution is -2.44. The largest absolute Gasteiger partial charge is 0.447 e. The van der Waals surface area contributed by atoms with E-state index in [1.165, 1.54) is 41.7 Å². The van der Waals surface area contributed by atoms with Crippen molar-refractivity contribution in [3.05, 3.63) is 63.8 Å². The minimum atomic E-state index is -3.80. The molecule has 1 aliphatic carbocycles. The summed E-state index contributed by atoms with van der Waals surface area (Å²) in [7, 11) is -3.80. The Morgan fingerprint density at radius 2 is 1.76 bits per heavy atom. The molecule has 45 heavy (non-hydrogen) atoms. The number of nitro benzene ring substituents is 1. The average Bonchev–Trinajstić information content (AvgIpc) is 3.42. The molecule has 1 atom stereocenters. The van der Waals surface area contributed by atoms with Gasteiger partial charge in [0.15, 0.2) is 0 Å². The van der Waals surface area contributed by atoms with Gasteiger partial charge in [-0.3, -0.25) is 15.4 Å². The van der Waals surface area contributed by atoms with Crippen LogP contribution in [0.2, 0.25) is 0 Å². The number of anilines is 1. The molecule has 1 saturated carbocycles. The molecule has 4 N–H and O–H groups in total. The number of alkyl carbamates (subject to hydrolysis) is 1. The molecule has 242 valence electrons. The number of ether oxygens (including phenoxy) is 2. The molecule has 1 unspecified atom stereocenters. The summed E-state index contributed by atoms with van der Waals surface area (Å²) in [6, 6.07) is 9.71. The number of nitrogens with zero attached hydrogens (tertiary/aromatic N) is 2. The first kappa shape index (κ1) is 34.0. The number of nitro groups is 1. The Hall–Kier alpha value is -3.92. The van der Waals surface area contributed by atoms with Crippen LogP contribution in [0.15, 0.2) is 53.6 Å². The Labute approximate surface area is 266 Å². The molecule has 2 aromatic carbocycles. The van der Waals surface area contributed by atoms with Crippen molar-refractivity contribution in [2.45, 2.75) is 88.8 Å². The van der Waals surface area contributed by atoms with Crippen LogP contribution in [-0.2, 0) is 19.3 Å². The van der Waals surface area contributed by atoms with E-state index in [1.54, 1.807) is 52.9 Å². The molecule has 1 aliphatic rings. The fourth-order valence-corrected chi connectivity index (χ4v) is 7.78. The molecule has 0 radical (unpaired) electrons. The van der Waals surface area contributed by atoms with Crippen molar-refractivity contribution in [1.82, 2.24) is 15.0 Å². The topological polar surface area (TPSA) is 182 Å². The Balaban J connectivity index is 1.52. The van der Waals surface area contributed by atoms with Crippen molar-refractivity contribution in [2.75, 3.05) is 5.32 Å². The number of rotatable bonds is 9. The number of amides is 2. The predicted molar refractivity (Wildman–Crippen MR) is 172 cm³/mol. The second kappa shape index (κ2) is 14.0. The van der Waals surface area contributed by atoms with Gasteiger partial charge in [-0.1, -0.05) is 4.72 Å². The van der Waals surface area contributed by atoms with E-state index >= 15 is 0 Å². The number of non-ortho nitro benzene ring substituents is 1. The molecule has 0 bridgehead atoms. The number of nitrogens with one attached hydrogen (secondary N) is 3. The van der Waals surface area contributed by atoms with Gasteiger partial charge >= 0.3 is 22.6 Å². The van der Waals surface area contributed by atoms with Crippen molar-refractivity contribution < 1.29 is 32.7 Å². The summed E-state index contributed by atoms with van der Waals surface area (Å²) in [5.41, 5.74) is -0.158. The Morgan fingerprint density at radius 1 is 1.09 bits per heavy atom. The van der Waals surface area contributed by atoms with Crippen LogP contribution in [0.4, 0.5) is 21.0 Å². The van der Waals surface area contributed by atoms with Gasteiger partial charge in [0, 0.05) is 42.0 Å². The van der Waals surface area contributed by atoms with Crippen LogP contribution < -0.4 is 20.1 Å². The Morgan fingerprint density at radius 3 is 2.36 bits per heavy atom. The number of benzene rings is 2. The number of hydrogen-bond donors (Lipinski definition) is 4. The lowest BCUT2D eigenvalue weighted by atomic mass is 9.86. The third-order valence-corrected chi connectivity index (χ3v) is 9.77. The van der Waals surface area contributed by atoms with Crippen LogP contribution >= 0.6 is 11.3 Å². The zero-order chi connectivity index (χ0) is 32.9. The summed E-state index contributed by atoms with van der Waals surface area (Å²) < 4.78 is 38.1. The van der Waals surface area contributed by atoms with E-state index < -0.39 is 33.0 Å². The highest BCUT2D eigenvalue weighted by Gasteiger charge is 2.38. The number of carbonyl (C=O) groups is 2. The summed E-state index contributed by atoms with van der Waals surface area (Å²) in [4.78, 5) is 40.3. The monoisotopic (exact) mass is 660 g/mol. The molecule has 0 spiro atoms. The zero-order valence-electron chi connectivity index (χ0n) is 25.7. The molecule has 0 saturated heterocycles. The fraction of sp³-hybridized carbons (Fsp3) is 0.433. The van der Waals surface area contributed by atoms with Crippen molar-refractivity contribution in [2.24, 2.45) is 0 Å². The summed E-state index contributed by atoms with van der Waals surface area (Å²) >= 11 is 1.44. The third kappa shape index (κ3) is 9.53. The molecule has 1 heterocycles. The minimum Gasteiger partial charge on any atom is -0.447 e. The van der Waals surface area contributed by atoms with E-state index in [2.05, 4.69) is 20.3 Å². The SMILES string of the molecule is CC(C)OC(=O)NC1CCC(c2ncc(-c3ccc(NC(=O)Oc4ccc([N+](=O)[O-])cc4)cc3[S+](=O)(O)NC(C)(C)C)s2)CC1. The van der Waals surface area contributed by atoms with Crippen molar-refractivity contribution in [3.8, 4) is 16.2 Å². The van der Waals surface area contributed by atoms with Gasteiger partial charge in [-0.2, -0.15) is 4.55 Å². The quantitative estimate of drug-likeness (QED) is 0.105. The number of thiazole rings is 1. The third-order valence-electron chi connectivity index (χ3n) is 6.76. The maximum Gasteiger partial charge on any atom is 0.417 e. The van der Waals surface area contributed by atoms with Crippen LogP contribution in [-0.4, -0.2) is 44.3 Å². The van der Waals surface area contributed by atoms with Crippen LogP contribution in [0.1, 0.15) is 71.2 Å². The summed E-state index contributed by atoms with van der Waals surface area (Å²) in [6.07, 6.45) is 3.44. The van der Waals surface area contributed by atoms with E-state index in [0.29, 0.717) is 10.4 Å². The van der Waals surface area contributed by atoms with Gasteiger partial charge in [0.25, 0.3) is 5.69 Å². The standard InChI is InChI=1S/C30H37N5O8S2/c1-18(2)42-28(36)32-20-8-6-19(7-9-20)27-31-17-25(44-27)24-15-10-21(16-26(24)45(40,41)34-30(3,4)5)33-29(37)43-23-13-11-22(12-14-23)35(38)39/h10-20H,6-9H2,1-5H3,(H3-,32,33,34,36,37,40,41)/p+1. The normalized spacial score (nSPS) is 18.1. The Bertz CT molecular complexity index is 1580. The van der Waals surface area contributed by atoms with Gasteiger partial charge in [0.05, 0.1) is 32.0 Å². The van der Waals surface area contributed by atoms with Crippen LogP contribution in [0, 0.1) is 10.1 Å². The van der Waals surface area contributed by atoms with Gasteiger partial charge in [-0.05, 0) is 88.8 Å². The molecule has 1 fully saturated rings. The van der Waals surface area contributed by atoms with E-state index in [-0.39, 0.29) is 40.1 Å². The summed E-state index contributed by atoms with van der Waals surface area (Å²) in [5, 5.41) is 17.3. The van der Waals surface area contributed by atoms with Crippen LogP contribution in [0.3, 0.4) is 0 Å². The summed E-state index contributed by atoms with van der Waals surface area (Å²) in [6.45, 7) is 8.91. The van der Waals surface area contributed by atoms with E-state index in [0.717, 1.165) is 30.7 Å². The summed E-state index contributed by atoms with van der Waals surface area (Å²) in [5.74, 6) is 0.278. The highest BCUT2D eigenvalue weighted by Crippen LogP contribution is 2.40. The maximum atomic E-state index is 13.7. The van der Waals surface area contributed by atoms with Crippen molar-refractivity contribution in [3.63, 3.8) is 0 Å². The Kier molecular flexibility index (Phi) is 10.6. The highest BCUT2D eigenvalue weighted by molar-refractivity contribution is 7.96. The van der Waals surface area contributed by atoms with Gasteiger partial charge in [0.1, 0.15) is 5.75 Å². The van der Waals surface area contributed by atoms with Gasteiger partial charge in [0.2, 0.25) is 4.90 Å². The molecular formula is C30H38N5O8S2+. The molecule has 2 amide bonds. The first-order valence-electron chi connectivity index (χ1n) is 14.5. The molecule has 3 aromatic rings. The van der Waals surface area contributed by atoms with E-state index in [9.17, 15) is 28.5 Å². The second-order valence-corrected chi connectivity index (χ2v) is 14.8. The number of hydrogen-bond acceptors (Lipinski definition) is 9. The lowest BCUT2D eigenvalue weighted by molar-refractivity contribution is -0.384. The number of carbonyl (C=O) groups excluding carboxylic acids is 2. The molecule has 13 nitrogen and oxygen atoms in total. The maximum absolute atomic E-state index is 13.7. The predicted octanol–water partition coefficient (Wildman–Crippen LogP) is 7.12. The average molecular weight is 661 g/mol.